The summed E-state index contributed by atoms with van der Waals surface area (Å²) in [5.41, 5.74) is 3.80. The topological polar surface area (TPSA) is 84.9 Å². The molecule has 0 aliphatic carbocycles. The van der Waals surface area contributed by atoms with Gasteiger partial charge >= 0.3 is 5.97 Å². The van der Waals surface area contributed by atoms with Crippen LogP contribution in [-0.2, 0) is 4.74 Å². The summed E-state index contributed by atoms with van der Waals surface area (Å²) < 4.78 is 5.75. The Bertz CT molecular complexity index is 650. The molecule has 0 unspecified atom stereocenters. The quantitative estimate of drug-likeness (QED) is 0.499. The molecule has 0 amide bonds. The molecule has 0 bridgehead atoms. The van der Waals surface area contributed by atoms with Gasteiger partial charge in [0.1, 0.15) is 5.51 Å². The van der Waals surface area contributed by atoms with Crippen LogP contribution in [0.5, 0.6) is 0 Å². The highest BCUT2D eigenvalue weighted by Crippen LogP contribution is 2.23. The van der Waals surface area contributed by atoms with Crippen LogP contribution in [0.15, 0.2) is 9.85 Å². The lowest BCUT2D eigenvalue weighted by Gasteiger charge is -2.02. The lowest BCUT2D eigenvalue weighted by Crippen LogP contribution is -2.08. The van der Waals surface area contributed by atoms with Crippen molar-refractivity contribution >= 4 is 34.9 Å². The number of hydrogen-bond acceptors (Lipinski definition) is 7. The molecule has 2 aromatic heterocycles. The van der Waals surface area contributed by atoms with Crippen LogP contribution >= 0.6 is 23.1 Å². The second-order valence-electron chi connectivity index (χ2n) is 4.26. The molecule has 0 radical (unpaired) electrons. The number of Topliss-reactive ketones (excluding diaryl/α,β-unsaturated/α-hetero) is 1. The maximum Gasteiger partial charge on any atom is 0.340 e. The number of rotatable bonds is 6. The number of nitrogens with one attached hydrogen (secondary N) is 1. The zero-order chi connectivity index (χ0) is 15.4. The first kappa shape index (κ1) is 15.7. The van der Waals surface area contributed by atoms with E-state index in [0.717, 1.165) is 4.34 Å². The Kier molecular flexibility index (Phi) is 5.13. The third-order valence-corrected chi connectivity index (χ3v) is 4.72. The van der Waals surface area contributed by atoms with E-state index in [4.69, 9.17) is 4.74 Å². The minimum absolute atomic E-state index is 0.0775. The van der Waals surface area contributed by atoms with Crippen molar-refractivity contribution in [2.45, 2.75) is 25.1 Å². The van der Waals surface area contributed by atoms with E-state index < -0.39 is 5.97 Å². The van der Waals surface area contributed by atoms with Crippen molar-refractivity contribution in [1.82, 2.24) is 15.2 Å². The fourth-order valence-electron chi connectivity index (χ4n) is 1.96. The van der Waals surface area contributed by atoms with Crippen LogP contribution in [0.25, 0.3) is 0 Å². The summed E-state index contributed by atoms with van der Waals surface area (Å²) in [6.45, 7) is 5.56. The largest absolute Gasteiger partial charge is 0.462 e. The van der Waals surface area contributed by atoms with Gasteiger partial charge in [0.2, 0.25) is 0 Å². The van der Waals surface area contributed by atoms with Gasteiger partial charge in [0.15, 0.2) is 10.1 Å². The third-order valence-electron chi connectivity index (χ3n) is 2.86. The van der Waals surface area contributed by atoms with Gasteiger partial charge in [0.05, 0.1) is 23.6 Å². The second-order valence-corrected chi connectivity index (χ2v) is 6.32. The normalized spacial score (nSPS) is 10.6. The number of ketones is 1. The number of ether oxygens (including phenoxy) is 1. The number of carbonyl (C=O) groups is 2. The maximum atomic E-state index is 12.3. The Morgan fingerprint density at radius 3 is 2.81 bits per heavy atom. The molecule has 0 fully saturated rings. The molecule has 0 saturated heterocycles. The molecule has 2 heterocycles. The average Bonchev–Trinajstić information content (AvgIpc) is 3.04. The Morgan fingerprint density at radius 1 is 1.43 bits per heavy atom. The van der Waals surface area contributed by atoms with Gasteiger partial charge in [0, 0.05) is 5.69 Å². The molecule has 0 spiro atoms. The predicted octanol–water partition coefficient (Wildman–Crippen LogP) is 2.63. The van der Waals surface area contributed by atoms with Gasteiger partial charge in [-0.2, -0.15) is 0 Å². The smallest absolute Gasteiger partial charge is 0.340 e. The molecule has 21 heavy (non-hydrogen) atoms. The van der Waals surface area contributed by atoms with Gasteiger partial charge in [-0.25, -0.2) is 4.79 Å². The number of aromatic amines is 1. The van der Waals surface area contributed by atoms with Crippen molar-refractivity contribution in [2.24, 2.45) is 0 Å². The van der Waals surface area contributed by atoms with Crippen LogP contribution in [0.4, 0.5) is 0 Å². The molecular weight excluding hydrogens is 310 g/mol. The Labute approximate surface area is 130 Å². The molecule has 0 aromatic carbocycles. The SMILES string of the molecule is CCOC(=O)c1c(C)[nH]c(C(=O)CSc2nncs2)c1C. The van der Waals surface area contributed by atoms with E-state index in [-0.39, 0.29) is 11.5 Å². The van der Waals surface area contributed by atoms with Crippen molar-refractivity contribution in [3.8, 4) is 0 Å². The minimum atomic E-state index is -0.403. The number of H-pyrrole nitrogens is 1. The van der Waals surface area contributed by atoms with Crippen LogP contribution in [0.3, 0.4) is 0 Å². The molecule has 0 atom stereocenters. The first-order valence-corrected chi connectivity index (χ1v) is 8.19. The van der Waals surface area contributed by atoms with E-state index in [2.05, 4.69) is 15.2 Å². The number of aryl methyl sites for hydroxylation is 1. The van der Waals surface area contributed by atoms with Crippen LogP contribution in [-0.4, -0.2) is 39.3 Å². The first-order chi connectivity index (χ1) is 10.0. The van der Waals surface area contributed by atoms with Gasteiger partial charge in [0.25, 0.3) is 0 Å². The van der Waals surface area contributed by atoms with Crippen molar-refractivity contribution in [3.63, 3.8) is 0 Å². The van der Waals surface area contributed by atoms with Crippen LogP contribution < -0.4 is 0 Å². The summed E-state index contributed by atoms with van der Waals surface area (Å²) in [5, 5.41) is 7.59. The molecule has 112 valence electrons. The summed E-state index contributed by atoms with van der Waals surface area (Å²) in [6.07, 6.45) is 0. The van der Waals surface area contributed by atoms with Crippen molar-refractivity contribution in [2.75, 3.05) is 12.4 Å². The Morgan fingerprint density at radius 2 is 2.19 bits per heavy atom. The molecule has 0 aliphatic rings. The van der Waals surface area contributed by atoms with Crippen molar-refractivity contribution < 1.29 is 14.3 Å². The predicted molar refractivity (Wildman–Crippen MR) is 81.2 cm³/mol. The lowest BCUT2D eigenvalue weighted by atomic mass is 10.1. The standard InChI is InChI=1S/C13H15N3O3S2/c1-4-19-12(18)10-7(2)11(15-8(10)3)9(17)5-20-13-16-14-6-21-13/h6,15H,4-5H2,1-3H3. The zero-order valence-corrected chi connectivity index (χ0v) is 13.6. The molecular formula is C13H15N3O3S2. The number of nitrogens with zero attached hydrogens (tertiary/aromatic N) is 2. The highest BCUT2D eigenvalue weighted by molar-refractivity contribution is 8.01. The number of esters is 1. The summed E-state index contributed by atoms with van der Waals surface area (Å²) in [4.78, 5) is 27.1. The van der Waals surface area contributed by atoms with Crippen LogP contribution in [0.1, 0.15) is 39.0 Å². The van der Waals surface area contributed by atoms with E-state index in [9.17, 15) is 9.59 Å². The van der Waals surface area contributed by atoms with Crippen molar-refractivity contribution in [1.29, 1.82) is 0 Å². The first-order valence-electron chi connectivity index (χ1n) is 6.33. The molecule has 2 rings (SSSR count). The average molecular weight is 325 g/mol. The van der Waals surface area contributed by atoms with Crippen LogP contribution in [0, 0.1) is 13.8 Å². The summed E-state index contributed by atoms with van der Waals surface area (Å²) in [7, 11) is 0. The summed E-state index contributed by atoms with van der Waals surface area (Å²) in [5.74, 6) is -0.232. The third kappa shape index (κ3) is 3.51. The summed E-state index contributed by atoms with van der Waals surface area (Å²) >= 11 is 2.72. The van der Waals surface area contributed by atoms with E-state index in [1.165, 1.54) is 23.1 Å². The van der Waals surface area contributed by atoms with Gasteiger partial charge < -0.3 is 9.72 Å². The van der Waals surface area contributed by atoms with Crippen molar-refractivity contribution in [3.05, 3.63) is 28.0 Å². The van der Waals surface area contributed by atoms with E-state index in [1.54, 1.807) is 26.3 Å². The Hall–Kier alpha value is -1.67. The highest BCUT2D eigenvalue weighted by Gasteiger charge is 2.22. The fourth-order valence-corrected chi connectivity index (χ4v) is 3.32. The molecule has 8 heteroatoms. The number of aromatic nitrogens is 3. The lowest BCUT2D eigenvalue weighted by molar-refractivity contribution is 0.0525. The molecule has 2 aromatic rings. The number of hydrogen-bond donors (Lipinski definition) is 1. The van der Waals surface area contributed by atoms with Gasteiger partial charge in [-0.3, -0.25) is 4.79 Å². The van der Waals surface area contributed by atoms with Gasteiger partial charge in [-0.1, -0.05) is 23.1 Å². The van der Waals surface area contributed by atoms with Gasteiger partial charge in [-0.15, -0.1) is 10.2 Å². The van der Waals surface area contributed by atoms with Gasteiger partial charge in [-0.05, 0) is 26.3 Å². The highest BCUT2D eigenvalue weighted by atomic mass is 32.2. The van der Waals surface area contributed by atoms with E-state index in [0.29, 0.717) is 29.1 Å². The molecule has 6 nitrogen and oxygen atoms in total. The molecule has 0 aliphatic heterocycles. The zero-order valence-electron chi connectivity index (χ0n) is 11.9. The number of thioether (sulfide) groups is 1. The number of carbonyl (C=O) groups excluding carboxylic acids is 2. The van der Waals surface area contributed by atoms with E-state index in [1.807, 2.05) is 0 Å². The van der Waals surface area contributed by atoms with E-state index >= 15 is 0 Å². The van der Waals surface area contributed by atoms with Crippen LogP contribution in [0.2, 0.25) is 0 Å². The molecule has 1 N–H and O–H groups in total. The maximum absolute atomic E-state index is 12.3. The summed E-state index contributed by atoms with van der Waals surface area (Å²) in [6, 6.07) is 0. The molecule has 0 saturated carbocycles. The fraction of sp³-hybridized carbons (Fsp3) is 0.385. The second kappa shape index (κ2) is 6.86. The Balaban J connectivity index is 2.14. The monoisotopic (exact) mass is 325 g/mol. The minimum Gasteiger partial charge on any atom is -0.462 e.